The molecule has 16 heavy (non-hydrogen) atoms. The van der Waals surface area contributed by atoms with Crippen LogP contribution in [0.1, 0.15) is 5.56 Å². The van der Waals surface area contributed by atoms with E-state index in [9.17, 15) is 8.78 Å². The van der Waals surface area contributed by atoms with Crippen LogP contribution in [-0.2, 0) is 6.54 Å². The molecule has 0 amide bonds. The highest BCUT2D eigenvalue weighted by Gasteiger charge is 2.02. The number of thioether (sulfide) groups is 1. The summed E-state index contributed by atoms with van der Waals surface area (Å²) in [6.45, 7) is 1.16. The molecule has 1 aromatic carbocycles. The number of benzene rings is 1. The molecule has 0 aliphatic carbocycles. The third-order valence-corrected chi connectivity index (χ3v) is 2.80. The summed E-state index contributed by atoms with van der Waals surface area (Å²) in [5, 5.41) is 3.07. The van der Waals surface area contributed by atoms with Gasteiger partial charge in [-0.2, -0.15) is 0 Å². The van der Waals surface area contributed by atoms with Crippen molar-refractivity contribution in [3.63, 3.8) is 0 Å². The van der Waals surface area contributed by atoms with E-state index in [4.69, 9.17) is 6.42 Å². The molecule has 0 unspecified atom stereocenters. The normalized spacial score (nSPS) is 10.1. The van der Waals surface area contributed by atoms with Crippen LogP contribution in [0.2, 0.25) is 0 Å². The van der Waals surface area contributed by atoms with Crippen molar-refractivity contribution in [1.29, 1.82) is 0 Å². The van der Waals surface area contributed by atoms with Crippen LogP contribution in [0.25, 0.3) is 0 Å². The molecule has 0 spiro atoms. The summed E-state index contributed by atoms with van der Waals surface area (Å²) in [7, 11) is 0. The average molecular weight is 241 g/mol. The molecule has 4 heteroatoms. The Kier molecular flexibility index (Phi) is 5.91. The summed E-state index contributed by atoms with van der Waals surface area (Å²) < 4.78 is 25.8. The standard InChI is InChI=1S/C12H13F2NS/c1-2-6-16-7-5-15-9-10-3-4-11(13)8-12(10)14/h1,3-4,8,15H,5-7,9H2. The van der Waals surface area contributed by atoms with Gasteiger partial charge in [0.05, 0.1) is 5.75 Å². The quantitative estimate of drug-likeness (QED) is 0.606. The molecule has 0 saturated heterocycles. The van der Waals surface area contributed by atoms with Crippen molar-refractivity contribution >= 4 is 11.8 Å². The largest absolute Gasteiger partial charge is 0.312 e. The van der Waals surface area contributed by atoms with Crippen LogP contribution in [0.5, 0.6) is 0 Å². The van der Waals surface area contributed by atoms with Gasteiger partial charge in [-0.15, -0.1) is 18.2 Å². The minimum atomic E-state index is -0.550. The van der Waals surface area contributed by atoms with E-state index in [1.54, 1.807) is 11.8 Å². The van der Waals surface area contributed by atoms with Gasteiger partial charge in [-0.25, -0.2) is 8.78 Å². The first-order valence-corrected chi connectivity index (χ1v) is 6.05. The monoisotopic (exact) mass is 241 g/mol. The van der Waals surface area contributed by atoms with Crippen LogP contribution in [-0.4, -0.2) is 18.1 Å². The van der Waals surface area contributed by atoms with Crippen LogP contribution in [0, 0.1) is 24.0 Å². The van der Waals surface area contributed by atoms with Crippen molar-refractivity contribution in [3.8, 4) is 12.3 Å². The molecule has 0 heterocycles. The number of hydrogen-bond acceptors (Lipinski definition) is 2. The maximum Gasteiger partial charge on any atom is 0.130 e. The fraction of sp³-hybridized carbons (Fsp3) is 0.333. The molecule has 1 rings (SSSR count). The fourth-order valence-corrected chi connectivity index (χ4v) is 1.71. The summed E-state index contributed by atoms with van der Waals surface area (Å²) in [5.74, 6) is 3.03. The van der Waals surface area contributed by atoms with E-state index >= 15 is 0 Å². The molecule has 0 bridgehead atoms. The molecule has 1 nitrogen and oxygen atoms in total. The number of rotatable bonds is 6. The first-order valence-electron chi connectivity index (χ1n) is 4.90. The van der Waals surface area contributed by atoms with Gasteiger partial charge in [0.1, 0.15) is 11.6 Å². The molecule has 1 aromatic rings. The Morgan fingerprint density at radius 2 is 2.19 bits per heavy atom. The molecule has 86 valence electrons. The van der Waals surface area contributed by atoms with E-state index in [1.165, 1.54) is 12.1 Å². The maximum absolute atomic E-state index is 13.2. The smallest absolute Gasteiger partial charge is 0.130 e. The number of halogens is 2. The van der Waals surface area contributed by atoms with E-state index in [0.29, 0.717) is 17.9 Å². The SMILES string of the molecule is C#CCSCCNCc1ccc(F)cc1F. The lowest BCUT2D eigenvalue weighted by Gasteiger charge is -2.05. The lowest BCUT2D eigenvalue weighted by molar-refractivity contribution is 0.563. The first-order chi connectivity index (χ1) is 7.74. The van der Waals surface area contributed by atoms with Gasteiger partial charge in [-0.05, 0) is 6.07 Å². The van der Waals surface area contributed by atoms with E-state index in [2.05, 4.69) is 11.2 Å². The third-order valence-electron chi connectivity index (χ3n) is 1.94. The van der Waals surface area contributed by atoms with Crippen LogP contribution < -0.4 is 5.32 Å². The molecule has 0 aliphatic rings. The van der Waals surface area contributed by atoms with Gasteiger partial charge in [0.25, 0.3) is 0 Å². The Morgan fingerprint density at radius 1 is 1.38 bits per heavy atom. The van der Waals surface area contributed by atoms with Gasteiger partial charge >= 0.3 is 0 Å². The van der Waals surface area contributed by atoms with Gasteiger partial charge < -0.3 is 5.32 Å². The lowest BCUT2D eigenvalue weighted by Crippen LogP contribution is -2.17. The molecule has 0 aromatic heterocycles. The molecule has 0 radical (unpaired) electrons. The second-order valence-corrected chi connectivity index (χ2v) is 4.27. The van der Waals surface area contributed by atoms with E-state index in [0.717, 1.165) is 18.4 Å². The minimum Gasteiger partial charge on any atom is -0.312 e. The zero-order valence-corrected chi connectivity index (χ0v) is 9.62. The number of terminal acetylenes is 1. The van der Waals surface area contributed by atoms with E-state index in [1.807, 2.05) is 0 Å². The Bertz CT molecular complexity index is 374. The molecular weight excluding hydrogens is 228 g/mol. The van der Waals surface area contributed by atoms with Crippen molar-refractivity contribution in [2.45, 2.75) is 6.54 Å². The van der Waals surface area contributed by atoms with Crippen LogP contribution in [0.3, 0.4) is 0 Å². The van der Waals surface area contributed by atoms with Crippen molar-refractivity contribution < 1.29 is 8.78 Å². The first kappa shape index (κ1) is 13.0. The topological polar surface area (TPSA) is 12.0 Å². The van der Waals surface area contributed by atoms with Crippen molar-refractivity contribution in [3.05, 3.63) is 35.4 Å². The van der Waals surface area contributed by atoms with Gasteiger partial charge in [0.2, 0.25) is 0 Å². The zero-order chi connectivity index (χ0) is 11.8. The molecular formula is C12H13F2NS. The minimum absolute atomic E-state index is 0.405. The van der Waals surface area contributed by atoms with Gasteiger partial charge in [0.15, 0.2) is 0 Å². The summed E-state index contributed by atoms with van der Waals surface area (Å²) in [4.78, 5) is 0. The van der Waals surface area contributed by atoms with Gasteiger partial charge in [-0.3, -0.25) is 0 Å². The third kappa shape index (κ3) is 4.65. The van der Waals surface area contributed by atoms with Crippen LogP contribution in [0.4, 0.5) is 8.78 Å². The zero-order valence-electron chi connectivity index (χ0n) is 8.80. The summed E-state index contributed by atoms with van der Waals surface area (Å²) in [6, 6.07) is 3.60. The predicted molar refractivity (Wildman–Crippen MR) is 64.2 cm³/mol. The molecule has 0 fully saturated rings. The van der Waals surface area contributed by atoms with E-state index < -0.39 is 11.6 Å². The van der Waals surface area contributed by atoms with Crippen molar-refractivity contribution in [1.82, 2.24) is 5.32 Å². The second kappa shape index (κ2) is 7.26. The van der Waals surface area contributed by atoms with Gasteiger partial charge in [-0.1, -0.05) is 12.0 Å². The Morgan fingerprint density at radius 3 is 2.88 bits per heavy atom. The average Bonchev–Trinajstić information content (AvgIpc) is 2.26. The summed E-state index contributed by atoms with van der Waals surface area (Å²) in [5.41, 5.74) is 0.475. The predicted octanol–water partition coefficient (Wildman–Crippen LogP) is 2.42. The Hall–Kier alpha value is -1.05. The fourth-order valence-electron chi connectivity index (χ4n) is 1.16. The molecule has 1 N–H and O–H groups in total. The highest BCUT2D eigenvalue weighted by atomic mass is 32.2. The van der Waals surface area contributed by atoms with E-state index in [-0.39, 0.29) is 0 Å². The summed E-state index contributed by atoms with van der Waals surface area (Å²) in [6.07, 6.45) is 5.09. The van der Waals surface area contributed by atoms with Crippen LogP contribution in [0.15, 0.2) is 18.2 Å². The van der Waals surface area contributed by atoms with Crippen molar-refractivity contribution in [2.75, 3.05) is 18.1 Å². The highest BCUT2D eigenvalue weighted by molar-refractivity contribution is 7.99. The number of nitrogens with one attached hydrogen (secondary N) is 1. The second-order valence-electron chi connectivity index (χ2n) is 3.17. The highest BCUT2D eigenvalue weighted by Crippen LogP contribution is 2.08. The Labute approximate surface area is 98.6 Å². The molecule has 0 atom stereocenters. The summed E-state index contributed by atoms with van der Waals surface area (Å²) >= 11 is 1.64. The maximum atomic E-state index is 13.2. The Balaban J connectivity index is 2.25. The van der Waals surface area contributed by atoms with Crippen LogP contribution >= 0.6 is 11.8 Å². The molecule has 0 saturated carbocycles. The molecule has 0 aliphatic heterocycles. The number of hydrogen-bond donors (Lipinski definition) is 1. The lowest BCUT2D eigenvalue weighted by atomic mass is 10.2. The van der Waals surface area contributed by atoms with Crippen molar-refractivity contribution in [2.24, 2.45) is 0 Å². The van der Waals surface area contributed by atoms with Gasteiger partial charge in [0, 0.05) is 30.5 Å².